The molecule has 0 spiro atoms. The van der Waals surface area contributed by atoms with Crippen LogP contribution in [-0.2, 0) is 7.05 Å². The van der Waals surface area contributed by atoms with Crippen LogP contribution in [0.3, 0.4) is 0 Å². The lowest BCUT2D eigenvalue weighted by Crippen LogP contribution is -2.41. The second kappa shape index (κ2) is 6.89. The number of anilines is 2. The summed E-state index contributed by atoms with van der Waals surface area (Å²) in [7, 11) is 4.05. The smallest absolute Gasteiger partial charge is 0.313 e. The van der Waals surface area contributed by atoms with Crippen LogP contribution < -0.4 is 14.8 Å². The van der Waals surface area contributed by atoms with Crippen molar-refractivity contribution in [2.75, 3.05) is 17.3 Å². The van der Waals surface area contributed by atoms with E-state index in [1.807, 2.05) is 48.3 Å². The summed E-state index contributed by atoms with van der Waals surface area (Å²) in [5.41, 5.74) is 3.37. The fourth-order valence-corrected chi connectivity index (χ4v) is 3.64. The number of thiocarbonyl (C=S) groups is 1. The summed E-state index contributed by atoms with van der Waals surface area (Å²) in [4.78, 5) is 2.00. The van der Waals surface area contributed by atoms with Crippen LogP contribution in [0.1, 0.15) is 0 Å². The van der Waals surface area contributed by atoms with Crippen LogP contribution in [0, 0.1) is 0 Å². The number of rotatable bonds is 3. The largest absolute Gasteiger partial charge is 0.343 e. The molecular formula is C18H18N3S2+. The first-order chi connectivity index (χ1) is 11.2. The molecule has 3 aromatic rings. The minimum absolute atomic E-state index is 0.674. The molecule has 0 amide bonds. The van der Waals surface area contributed by atoms with Crippen LogP contribution in [-0.4, -0.2) is 12.2 Å². The lowest BCUT2D eigenvalue weighted by molar-refractivity contribution is -0.642. The SMILES string of the molecule is CN(C(=S)Nc1ccccc1)c1scc(-c2ccccc2)[n+]1C. The summed E-state index contributed by atoms with van der Waals surface area (Å²) in [6, 6.07) is 20.3. The predicted octanol–water partition coefficient (Wildman–Crippen LogP) is 4.07. The Hall–Kier alpha value is -2.24. The molecule has 5 heteroatoms. The van der Waals surface area contributed by atoms with Crippen molar-refractivity contribution < 1.29 is 4.57 Å². The van der Waals surface area contributed by atoms with Crippen molar-refractivity contribution in [3.63, 3.8) is 0 Å². The summed E-state index contributed by atoms with van der Waals surface area (Å²) < 4.78 is 2.17. The molecule has 0 radical (unpaired) electrons. The monoisotopic (exact) mass is 340 g/mol. The maximum absolute atomic E-state index is 5.53. The molecule has 1 aromatic heterocycles. The molecule has 0 saturated carbocycles. The van der Waals surface area contributed by atoms with Gasteiger partial charge in [0.2, 0.25) is 0 Å². The highest BCUT2D eigenvalue weighted by Gasteiger charge is 2.23. The Morgan fingerprint density at radius 3 is 2.30 bits per heavy atom. The van der Waals surface area contributed by atoms with Gasteiger partial charge in [-0.2, -0.15) is 4.90 Å². The molecule has 1 N–H and O–H groups in total. The van der Waals surface area contributed by atoms with Crippen LogP contribution in [0.2, 0.25) is 0 Å². The first-order valence-electron chi connectivity index (χ1n) is 7.29. The van der Waals surface area contributed by atoms with E-state index in [1.54, 1.807) is 11.3 Å². The van der Waals surface area contributed by atoms with Gasteiger partial charge in [0.15, 0.2) is 0 Å². The Morgan fingerprint density at radius 1 is 1.04 bits per heavy atom. The Labute approximate surface area is 145 Å². The number of hydrogen-bond donors (Lipinski definition) is 1. The highest BCUT2D eigenvalue weighted by atomic mass is 32.1. The van der Waals surface area contributed by atoms with E-state index in [0.717, 1.165) is 10.8 Å². The van der Waals surface area contributed by atoms with Crippen LogP contribution in [0.4, 0.5) is 10.8 Å². The first-order valence-corrected chi connectivity index (χ1v) is 8.58. The fraction of sp³-hybridized carbons (Fsp3) is 0.111. The van der Waals surface area contributed by atoms with Crippen LogP contribution >= 0.6 is 23.6 Å². The molecule has 0 aliphatic rings. The lowest BCUT2D eigenvalue weighted by Gasteiger charge is -2.13. The molecule has 0 aliphatic heterocycles. The molecule has 3 rings (SSSR count). The molecule has 2 aromatic carbocycles. The van der Waals surface area contributed by atoms with Crippen molar-refractivity contribution in [2.24, 2.45) is 7.05 Å². The fourth-order valence-electron chi connectivity index (χ4n) is 2.36. The Balaban J connectivity index is 1.82. The van der Waals surface area contributed by atoms with Gasteiger partial charge in [0.05, 0.1) is 14.1 Å². The molecule has 1 heterocycles. The summed E-state index contributed by atoms with van der Waals surface area (Å²) in [6.45, 7) is 0. The van der Waals surface area contributed by atoms with Crippen LogP contribution in [0.25, 0.3) is 11.3 Å². The van der Waals surface area contributed by atoms with Crippen LogP contribution in [0.5, 0.6) is 0 Å². The molecule has 0 atom stereocenters. The van der Waals surface area contributed by atoms with Crippen molar-refractivity contribution in [3.05, 3.63) is 66.0 Å². The predicted molar refractivity (Wildman–Crippen MR) is 102 cm³/mol. The molecule has 3 nitrogen and oxygen atoms in total. The minimum atomic E-state index is 0.674. The topological polar surface area (TPSA) is 19.1 Å². The minimum Gasteiger partial charge on any atom is -0.313 e. The molecule has 0 aliphatic carbocycles. The van der Waals surface area contributed by atoms with Crippen molar-refractivity contribution in [1.29, 1.82) is 0 Å². The first kappa shape index (κ1) is 15.6. The molecular weight excluding hydrogens is 322 g/mol. The Bertz CT molecular complexity index is 798. The maximum Gasteiger partial charge on any atom is 0.343 e. The van der Waals surface area contributed by atoms with Gasteiger partial charge in [-0.05, 0) is 24.4 Å². The van der Waals surface area contributed by atoms with E-state index in [-0.39, 0.29) is 0 Å². The lowest BCUT2D eigenvalue weighted by atomic mass is 10.2. The molecule has 23 heavy (non-hydrogen) atoms. The van der Waals surface area contributed by atoms with Gasteiger partial charge in [0, 0.05) is 16.6 Å². The molecule has 0 unspecified atom stereocenters. The second-order valence-corrected chi connectivity index (χ2v) is 6.41. The zero-order valence-electron chi connectivity index (χ0n) is 13.1. The normalized spacial score (nSPS) is 10.3. The van der Waals surface area contributed by atoms with Gasteiger partial charge in [-0.25, -0.2) is 4.57 Å². The van der Waals surface area contributed by atoms with Crippen LogP contribution in [0.15, 0.2) is 66.0 Å². The number of nitrogens with one attached hydrogen (secondary N) is 1. The molecule has 0 saturated heterocycles. The Morgan fingerprint density at radius 2 is 1.65 bits per heavy atom. The van der Waals surface area contributed by atoms with E-state index >= 15 is 0 Å². The second-order valence-electron chi connectivity index (χ2n) is 5.18. The van der Waals surface area contributed by atoms with Crippen molar-refractivity contribution >= 4 is 39.5 Å². The van der Waals surface area contributed by atoms with E-state index in [2.05, 4.69) is 46.6 Å². The third kappa shape index (κ3) is 3.41. The molecule has 0 fully saturated rings. The third-order valence-corrected chi connectivity index (χ3v) is 5.09. The van der Waals surface area contributed by atoms with Crippen molar-refractivity contribution in [2.45, 2.75) is 0 Å². The quantitative estimate of drug-likeness (QED) is 0.573. The number of thiazole rings is 1. The number of aromatic nitrogens is 1. The van der Waals surface area contributed by atoms with Gasteiger partial charge < -0.3 is 5.32 Å². The highest BCUT2D eigenvalue weighted by Crippen LogP contribution is 2.24. The highest BCUT2D eigenvalue weighted by molar-refractivity contribution is 7.80. The number of benzene rings is 2. The van der Waals surface area contributed by atoms with Gasteiger partial charge in [0.25, 0.3) is 5.11 Å². The van der Waals surface area contributed by atoms with E-state index in [0.29, 0.717) is 5.11 Å². The zero-order valence-corrected chi connectivity index (χ0v) is 14.7. The van der Waals surface area contributed by atoms with Gasteiger partial charge in [0.1, 0.15) is 5.69 Å². The van der Waals surface area contributed by atoms with E-state index in [9.17, 15) is 0 Å². The summed E-state index contributed by atoms with van der Waals surface area (Å²) in [5.74, 6) is 0. The summed E-state index contributed by atoms with van der Waals surface area (Å²) >= 11 is 7.21. The maximum atomic E-state index is 5.53. The summed E-state index contributed by atoms with van der Waals surface area (Å²) in [6.07, 6.45) is 0. The van der Waals surface area contributed by atoms with E-state index < -0.39 is 0 Å². The molecule has 0 bridgehead atoms. The zero-order chi connectivity index (χ0) is 16.2. The van der Waals surface area contributed by atoms with Gasteiger partial charge in [-0.1, -0.05) is 59.9 Å². The van der Waals surface area contributed by atoms with E-state index in [1.165, 1.54) is 11.3 Å². The van der Waals surface area contributed by atoms with Crippen molar-refractivity contribution in [1.82, 2.24) is 0 Å². The van der Waals surface area contributed by atoms with E-state index in [4.69, 9.17) is 12.2 Å². The summed E-state index contributed by atoms with van der Waals surface area (Å²) in [5, 5.41) is 7.18. The third-order valence-electron chi connectivity index (χ3n) is 3.61. The number of nitrogens with zero attached hydrogens (tertiary/aromatic N) is 2. The number of hydrogen-bond acceptors (Lipinski definition) is 2. The van der Waals surface area contributed by atoms with Gasteiger partial charge >= 0.3 is 5.13 Å². The average molecular weight is 340 g/mol. The Kier molecular flexibility index (Phi) is 4.69. The van der Waals surface area contributed by atoms with Crippen molar-refractivity contribution in [3.8, 4) is 11.3 Å². The number of para-hydroxylation sites is 1. The molecule has 116 valence electrons. The average Bonchev–Trinajstić information content (AvgIpc) is 2.97. The van der Waals surface area contributed by atoms with Gasteiger partial charge in [-0.3, -0.25) is 0 Å². The van der Waals surface area contributed by atoms with Gasteiger partial charge in [-0.15, -0.1) is 0 Å². The standard InChI is InChI=1S/C18H17N3S2/c1-20-16(14-9-5-3-6-10-14)13-23-18(20)21(2)17(22)19-15-11-7-4-8-12-15/h3-13H,1-2H3/p+1.